The fraction of sp³-hybridized carbons (Fsp3) is 0.293. The molecule has 0 aliphatic carbocycles. The van der Waals surface area contributed by atoms with Gasteiger partial charge in [-0.3, -0.25) is 28.8 Å². The summed E-state index contributed by atoms with van der Waals surface area (Å²) in [6.07, 6.45) is 18.4. The Balaban J connectivity index is 0.00000460. The molecule has 0 saturated carbocycles. The van der Waals surface area contributed by atoms with Crippen LogP contribution in [0.25, 0.3) is 11.1 Å². The number of benzene rings is 2. The van der Waals surface area contributed by atoms with Gasteiger partial charge in [0.15, 0.2) is 5.52 Å². The summed E-state index contributed by atoms with van der Waals surface area (Å²) < 4.78 is 40.1. The average Bonchev–Trinajstić information content (AvgIpc) is 3.42. The number of aldehydes is 1. The lowest BCUT2D eigenvalue weighted by atomic mass is 10.0. The highest BCUT2D eigenvalue weighted by molar-refractivity contribution is 7.58. The van der Waals surface area contributed by atoms with Gasteiger partial charge in [0.25, 0.3) is 0 Å². The van der Waals surface area contributed by atoms with Gasteiger partial charge < -0.3 is 37.9 Å². The lowest BCUT2D eigenvalue weighted by Crippen LogP contribution is -2.14. The van der Waals surface area contributed by atoms with Crippen molar-refractivity contribution < 1.29 is 81.0 Å². The highest BCUT2D eigenvalue weighted by Gasteiger charge is 2.15. The van der Waals surface area contributed by atoms with Crippen LogP contribution in [0.3, 0.4) is 0 Å². The van der Waals surface area contributed by atoms with Crippen molar-refractivity contribution in [1.82, 2.24) is 0 Å². The summed E-state index contributed by atoms with van der Waals surface area (Å²) in [4.78, 5) is 104. The molecule has 2 rings (SSSR count). The first kappa shape index (κ1) is 67.9. The SMILES string of the molecule is C=C(C)C(=O)OC.C=CC(=O)OCCOC(=O)CCC(=O)PC/C=C\C(=C/C)c1ccc(C(=O)O/C(C=C)=C/C=C(\C)OC(=O)C(C)/C=C\C(=C/C)c2ccc(OC(=O)CCC(=O)OCCOC)cc2)cc1.C=CC=O. The van der Waals surface area contributed by atoms with Crippen molar-refractivity contribution in [2.75, 3.05) is 46.8 Å². The molecule has 2 unspecified atom stereocenters. The molecule has 2 aromatic carbocycles. The predicted molar refractivity (Wildman–Crippen MR) is 292 cm³/mol. The Bertz CT molecular complexity index is 2480. The molecule has 0 aliphatic rings. The molecule has 18 heteroatoms. The van der Waals surface area contributed by atoms with E-state index in [1.54, 1.807) is 81.5 Å². The normalized spacial score (nSPS) is 11.9. The second-order valence-corrected chi connectivity index (χ2v) is 16.5. The molecular formula is C58H69O17P. The van der Waals surface area contributed by atoms with Crippen molar-refractivity contribution in [2.45, 2.75) is 60.3 Å². The monoisotopic (exact) mass is 1070 g/mol. The Hall–Kier alpha value is -8.14. The molecule has 0 spiro atoms. The fourth-order valence-electron chi connectivity index (χ4n) is 5.32. The molecule has 76 heavy (non-hydrogen) atoms. The molecule has 0 heterocycles. The van der Waals surface area contributed by atoms with Gasteiger partial charge in [-0.2, -0.15) is 0 Å². The summed E-state index contributed by atoms with van der Waals surface area (Å²) in [5.41, 5.74) is 4.00. The Morgan fingerprint density at radius 2 is 1.18 bits per heavy atom. The van der Waals surface area contributed by atoms with Crippen LogP contribution in [0, 0.1) is 5.92 Å². The van der Waals surface area contributed by atoms with Crippen LogP contribution in [0.5, 0.6) is 5.75 Å². The van der Waals surface area contributed by atoms with Gasteiger partial charge in [0.1, 0.15) is 43.4 Å². The second-order valence-electron chi connectivity index (χ2n) is 15.2. The Morgan fingerprint density at radius 1 is 0.658 bits per heavy atom. The second kappa shape index (κ2) is 41.2. The van der Waals surface area contributed by atoms with E-state index in [0.717, 1.165) is 28.3 Å². The first-order chi connectivity index (χ1) is 36.3. The number of methoxy groups -OCH3 is 2. The number of carbonyl (C=O) groups excluding carboxylic acids is 9. The third-order valence-electron chi connectivity index (χ3n) is 9.33. The van der Waals surface area contributed by atoms with Crippen LogP contribution in [-0.4, -0.2) is 100 Å². The maximum absolute atomic E-state index is 13.0. The smallest absolute Gasteiger partial charge is 0.343 e. The first-order valence-corrected chi connectivity index (χ1v) is 24.7. The minimum absolute atomic E-state index is 0.0263. The van der Waals surface area contributed by atoms with Crippen LogP contribution in [0.15, 0.2) is 159 Å². The molecule has 0 aromatic heterocycles. The number of allylic oxidation sites excluding steroid dienone is 12. The van der Waals surface area contributed by atoms with Gasteiger partial charge in [-0.1, -0.05) is 87.0 Å². The van der Waals surface area contributed by atoms with E-state index in [1.807, 2.05) is 38.2 Å². The number of rotatable bonds is 30. The van der Waals surface area contributed by atoms with Crippen LogP contribution in [0.1, 0.15) is 81.8 Å². The Kier molecular flexibility index (Phi) is 36.8. The third-order valence-corrected chi connectivity index (χ3v) is 10.4. The van der Waals surface area contributed by atoms with E-state index in [0.29, 0.717) is 29.3 Å². The Morgan fingerprint density at radius 3 is 1.70 bits per heavy atom. The van der Waals surface area contributed by atoms with E-state index in [1.165, 1.54) is 38.5 Å². The maximum Gasteiger partial charge on any atom is 0.343 e. The largest absolute Gasteiger partial charge is 0.466 e. The standard InChI is InChI=1S/C50H57O14P.C5H8O2.C3H4O/c1-8-37(13-12-34-65-48(55)29-28-46(53)61-33-32-59-44(51)11-4)39-17-19-41(20-18-39)50(57)64-42(10-3)23-15-36(6)62-49(56)35(5)14-16-38(9-2)40-21-24-43(25-22-40)63-47(54)27-26-45(52)60-31-30-58-7;1-4(2)5(6)7-3;1-2-3-4/h8-25,35,65H,3-4,26-34H2,1-2,5-7H3;1H2,2-3H3;2-3H,1H2/b13-12-,16-14-,36-15+,37-8+,38-9+,42-23+;;. The van der Waals surface area contributed by atoms with Gasteiger partial charge in [-0.15, -0.1) is 0 Å². The van der Waals surface area contributed by atoms with Crippen LogP contribution in [0.2, 0.25) is 0 Å². The molecule has 408 valence electrons. The van der Waals surface area contributed by atoms with E-state index in [-0.39, 0.29) is 83.7 Å². The summed E-state index contributed by atoms with van der Waals surface area (Å²) in [5, 5.41) is 0. The van der Waals surface area contributed by atoms with Crippen molar-refractivity contribution in [3.05, 3.63) is 175 Å². The van der Waals surface area contributed by atoms with E-state index in [4.69, 9.17) is 38.0 Å². The van der Waals surface area contributed by atoms with Crippen LogP contribution in [0.4, 0.5) is 0 Å². The van der Waals surface area contributed by atoms with Crippen LogP contribution < -0.4 is 4.74 Å². The molecule has 17 nitrogen and oxygen atoms in total. The molecule has 0 bridgehead atoms. The first-order valence-electron chi connectivity index (χ1n) is 23.5. The molecule has 0 fully saturated rings. The van der Waals surface area contributed by atoms with E-state index >= 15 is 0 Å². The van der Waals surface area contributed by atoms with E-state index in [2.05, 4.69) is 31.1 Å². The zero-order valence-corrected chi connectivity index (χ0v) is 45.3. The zero-order valence-electron chi connectivity index (χ0n) is 44.3. The molecule has 0 aliphatic heterocycles. The third kappa shape index (κ3) is 31.4. The molecule has 0 radical (unpaired) electrons. The number of hydrogen-bond acceptors (Lipinski definition) is 17. The van der Waals surface area contributed by atoms with Gasteiger partial charge in [0, 0.05) is 25.2 Å². The topological polar surface area (TPSA) is 227 Å². The van der Waals surface area contributed by atoms with Gasteiger partial charge >= 0.3 is 41.8 Å². The van der Waals surface area contributed by atoms with E-state index in [9.17, 15) is 38.4 Å². The molecule has 0 amide bonds. The minimum atomic E-state index is -0.620. The van der Waals surface area contributed by atoms with Gasteiger partial charge in [-0.05, 0) is 120 Å². The minimum Gasteiger partial charge on any atom is -0.466 e. The lowest BCUT2D eigenvalue weighted by molar-refractivity contribution is -0.150. The number of ether oxygens (including phenoxy) is 8. The fourth-order valence-corrected chi connectivity index (χ4v) is 6.08. The van der Waals surface area contributed by atoms with Crippen LogP contribution >= 0.6 is 8.58 Å². The van der Waals surface area contributed by atoms with Crippen molar-refractivity contribution in [3.8, 4) is 5.75 Å². The summed E-state index contributed by atoms with van der Waals surface area (Å²) >= 11 is 0. The number of carbonyl (C=O) groups is 9. The Labute approximate surface area is 447 Å². The molecule has 2 atom stereocenters. The molecule has 0 N–H and O–H groups in total. The highest BCUT2D eigenvalue weighted by Crippen LogP contribution is 2.23. The lowest BCUT2D eigenvalue weighted by Gasteiger charge is -2.09. The van der Waals surface area contributed by atoms with Gasteiger partial charge in [0.2, 0.25) is 0 Å². The van der Waals surface area contributed by atoms with Crippen molar-refractivity contribution in [2.24, 2.45) is 5.92 Å². The highest BCUT2D eigenvalue weighted by atomic mass is 31.1. The molecular weight excluding hydrogens is 1000 g/mol. The zero-order chi connectivity index (χ0) is 57.3. The summed E-state index contributed by atoms with van der Waals surface area (Å²) in [7, 11) is 2.80. The number of esters is 7. The van der Waals surface area contributed by atoms with Gasteiger partial charge in [-0.25, -0.2) is 14.4 Å². The average molecular weight is 1070 g/mol. The maximum atomic E-state index is 13.0. The molecule has 0 saturated heterocycles. The summed E-state index contributed by atoms with van der Waals surface area (Å²) in [6, 6.07) is 13.6. The van der Waals surface area contributed by atoms with Crippen molar-refractivity contribution in [1.29, 1.82) is 0 Å². The van der Waals surface area contributed by atoms with Crippen molar-refractivity contribution >= 4 is 73.3 Å². The van der Waals surface area contributed by atoms with E-state index < -0.39 is 41.7 Å². The number of hydrogen-bond donors (Lipinski definition) is 0. The van der Waals surface area contributed by atoms with Crippen LogP contribution in [-0.2, 0) is 71.5 Å². The van der Waals surface area contributed by atoms with Gasteiger partial charge in [0.05, 0.1) is 44.5 Å². The summed E-state index contributed by atoms with van der Waals surface area (Å²) in [5.74, 6) is -3.62. The predicted octanol–water partition coefficient (Wildman–Crippen LogP) is 9.86. The quantitative estimate of drug-likeness (QED) is 0.00816. The molecule has 2 aromatic rings. The summed E-state index contributed by atoms with van der Waals surface area (Å²) in [6.45, 7) is 22.3. The van der Waals surface area contributed by atoms with Crippen molar-refractivity contribution in [3.63, 3.8) is 0 Å².